The highest BCUT2D eigenvalue weighted by molar-refractivity contribution is 5.45. The Morgan fingerprint density at radius 1 is 1.24 bits per heavy atom. The maximum absolute atomic E-state index is 5.50. The quantitative estimate of drug-likeness (QED) is 0.851. The zero-order valence-electron chi connectivity index (χ0n) is 13.1. The number of rotatable bonds is 7. The Morgan fingerprint density at radius 2 is 2.05 bits per heavy atom. The largest absolute Gasteiger partial charge is 0.497 e. The van der Waals surface area contributed by atoms with E-state index in [0.29, 0.717) is 0 Å². The van der Waals surface area contributed by atoms with E-state index in [1.165, 1.54) is 0 Å². The van der Waals surface area contributed by atoms with E-state index in [4.69, 9.17) is 9.47 Å². The Kier molecular flexibility index (Phi) is 5.22. The lowest BCUT2D eigenvalue weighted by atomic mass is 10.0. The zero-order chi connectivity index (χ0) is 15.2. The molecule has 1 unspecified atom stereocenters. The average molecular weight is 289 g/mol. The molecule has 5 nitrogen and oxygen atoms in total. The number of ether oxygens (including phenoxy) is 2. The summed E-state index contributed by atoms with van der Waals surface area (Å²) >= 11 is 0. The van der Waals surface area contributed by atoms with Crippen LogP contribution in [0.2, 0.25) is 0 Å². The Bertz CT molecular complexity index is 581. The van der Waals surface area contributed by atoms with Crippen molar-refractivity contribution in [3.8, 4) is 11.5 Å². The van der Waals surface area contributed by atoms with Crippen LogP contribution in [0.3, 0.4) is 0 Å². The number of hydrogen-bond donors (Lipinski definition) is 1. The summed E-state index contributed by atoms with van der Waals surface area (Å²) in [5.41, 5.74) is 2.00. The van der Waals surface area contributed by atoms with Crippen molar-refractivity contribution >= 4 is 0 Å². The van der Waals surface area contributed by atoms with Crippen LogP contribution < -0.4 is 14.8 Å². The lowest BCUT2D eigenvalue weighted by molar-refractivity contribution is 0.393. The summed E-state index contributed by atoms with van der Waals surface area (Å²) in [5, 5.41) is 8.06. The molecule has 0 saturated heterocycles. The molecule has 114 valence electrons. The molecule has 0 radical (unpaired) electrons. The summed E-state index contributed by atoms with van der Waals surface area (Å²) in [5.74, 6) is 1.64. The van der Waals surface area contributed by atoms with E-state index in [0.717, 1.165) is 35.7 Å². The van der Waals surface area contributed by atoms with Gasteiger partial charge < -0.3 is 14.8 Å². The van der Waals surface area contributed by atoms with Crippen molar-refractivity contribution in [3.63, 3.8) is 0 Å². The monoisotopic (exact) mass is 289 g/mol. The second-order valence-electron chi connectivity index (χ2n) is 4.91. The van der Waals surface area contributed by atoms with E-state index in [2.05, 4.69) is 17.3 Å². The first kappa shape index (κ1) is 15.4. The summed E-state index contributed by atoms with van der Waals surface area (Å²) in [7, 11) is 5.27. The number of aryl methyl sites for hydroxylation is 1. The van der Waals surface area contributed by atoms with Gasteiger partial charge in [-0.2, -0.15) is 5.10 Å². The van der Waals surface area contributed by atoms with Crippen LogP contribution in [0.1, 0.15) is 30.6 Å². The van der Waals surface area contributed by atoms with Gasteiger partial charge in [0.25, 0.3) is 0 Å². The van der Waals surface area contributed by atoms with Crippen molar-refractivity contribution in [2.24, 2.45) is 7.05 Å². The third-order valence-corrected chi connectivity index (χ3v) is 3.38. The van der Waals surface area contributed by atoms with Gasteiger partial charge in [0.2, 0.25) is 0 Å². The van der Waals surface area contributed by atoms with Gasteiger partial charge in [-0.15, -0.1) is 0 Å². The molecule has 1 atom stereocenters. The molecule has 1 aromatic heterocycles. The second-order valence-corrected chi connectivity index (χ2v) is 4.91. The predicted molar refractivity (Wildman–Crippen MR) is 82.9 cm³/mol. The van der Waals surface area contributed by atoms with Crippen molar-refractivity contribution in [1.29, 1.82) is 0 Å². The molecule has 0 aliphatic rings. The fourth-order valence-corrected chi connectivity index (χ4v) is 2.31. The SMILES string of the molecule is CCCNC(c1ccn(C)n1)c1cc(OC)ccc1OC. The lowest BCUT2D eigenvalue weighted by Crippen LogP contribution is -2.24. The number of nitrogens with one attached hydrogen (secondary N) is 1. The number of methoxy groups -OCH3 is 2. The molecule has 5 heteroatoms. The van der Waals surface area contributed by atoms with Crippen molar-refractivity contribution in [3.05, 3.63) is 41.7 Å². The van der Waals surface area contributed by atoms with Gasteiger partial charge in [0.15, 0.2) is 0 Å². The minimum Gasteiger partial charge on any atom is -0.497 e. The first-order chi connectivity index (χ1) is 10.2. The highest BCUT2D eigenvalue weighted by Gasteiger charge is 2.20. The van der Waals surface area contributed by atoms with E-state index in [1.807, 2.05) is 42.2 Å². The van der Waals surface area contributed by atoms with Crippen LogP contribution in [0.15, 0.2) is 30.5 Å². The standard InChI is InChI=1S/C16H23N3O2/c1-5-9-17-16(14-8-10-19(2)18-14)13-11-12(20-3)6-7-15(13)21-4/h6-8,10-11,16-17H,5,9H2,1-4H3. The van der Waals surface area contributed by atoms with Crippen molar-refractivity contribution in [2.75, 3.05) is 20.8 Å². The van der Waals surface area contributed by atoms with Crippen molar-refractivity contribution in [2.45, 2.75) is 19.4 Å². The first-order valence-electron chi connectivity index (χ1n) is 7.14. The van der Waals surface area contributed by atoms with Crippen LogP contribution in [-0.4, -0.2) is 30.5 Å². The van der Waals surface area contributed by atoms with Crippen LogP contribution in [0.25, 0.3) is 0 Å². The minimum atomic E-state index is -0.0174. The number of nitrogens with zero attached hydrogens (tertiary/aromatic N) is 2. The van der Waals surface area contributed by atoms with Crippen LogP contribution >= 0.6 is 0 Å². The van der Waals surface area contributed by atoms with Gasteiger partial charge in [0, 0.05) is 18.8 Å². The maximum Gasteiger partial charge on any atom is 0.124 e. The lowest BCUT2D eigenvalue weighted by Gasteiger charge is -2.20. The third-order valence-electron chi connectivity index (χ3n) is 3.38. The minimum absolute atomic E-state index is 0.0174. The van der Waals surface area contributed by atoms with Crippen molar-refractivity contribution in [1.82, 2.24) is 15.1 Å². The van der Waals surface area contributed by atoms with Gasteiger partial charge in [-0.05, 0) is 37.2 Å². The molecular weight excluding hydrogens is 266 g/mol. The molecule has 0 bridgehead atoms. The average Bonchev–Trinajstić information content (AvgIpc) is 2.93. The molecule has 1 aromatic carbocycles. The fraction of sp³-hybridized carbons (Fsp3) is 0.438. The molecule has 2 aromatic rings. The van der Waals surface area contributed by atoms with Crippen LogP contribution in [0.5, 0.6) is 11.5 Å². The third kappa shape index (κ3) is 3.55. The van der Waals surface area contributed by atoms with Gasteiger partial charge in [-0.3, -0.25) is 4.68 Å². The first-order valence-corrected chi connectivity index (χ1v) is 7.14. The molecule has 0 saturated carbocycles. The molecule has 0 amide bonds. The van der Waals surface area contributed by atoms with E-state index in [1.54, 1.807) is 14.2 Å². The smallest absolute Gasteiger partial charge is 0.124 e. The summed E-state index contributed by atoms with van der Waals surface area (Å²) < 4.78 is 12.7. The van der Waals surface area contributed by atoms with Gasteiger partial charge in [0.05, 0.1) is 26.0 Å². The van der Waals surface area contributed by atoms with E-state index >= 15 is 0 Å². The highest BCUT2D eigenvalue weighted by atomic mass is 16.5. The van der Waals surface area contributed by atoms with Gasteiger partial charge in [0.1, 0.15) is 11.5 Å². The maximum atomic E-state index is 5.50. The van der Waals surface area contributed by atoms with Gasteiger partial charge >= 0.3 is 0 Å². The van der Waals surface area contributed by atoms with Gasteiger partial charge in [-0.25, -0.2) is 0 Å². The molecule has 0 aliphatic heterocycles. The number of benzene rings is 1. The van der Waals surface area contributed by atoms with Crippen LogP contribution in [0, 0.1) is 0 Å². The Morgan fingerprint density at radius 3 is 2.62 bits per heavy atom. The molecule has 0 aliphatic carbocycles. The van der Waals surface area contributed by atoms with Crippen LogP contribution in [-0.2, 0) is 7.05 Å². The predicted octanol–water partition coefficient (Wildman–Crippen LogP) is 2.53. The Labute approximate surface area is 125 Å². The normalized spacial score (nSPS) is 12.2. The molecule has 21 heavy (non-hydrogen) atoms. The van der Waals surface area contributed by atoms with E-state index in [9.17, 15) is 0 Å². The summed E-state index contributed by atoms with van der Waals surface area (Å²) in [6, 6.07) is 7.83. The van der Waals surface area contributed by atoms with Crippen molar-refractivity contribution < 1.29 is 9.47 Å². The molecule has 1 N–H and O–H groups in total. The Balaban J connectivity index is 2.44. The molecular formula is C16H23N3O2. The molecule has 0 spiro atoms. The fourth-order valence-electron chi connectivity index (χ4n) is 2.31. The van der Waals surface area contributed by atoms with E-state index in [-0.39, 0.29) is 6.04 Å². The summed E-state index contributed by atoms with van der Waals surface area (Å²) in [6.07, 6.45) is 3.00. The zero-order valence-corrected chi connectivity index (χ0v) is 13.1. The number of aromatic nitrogens is 2. The summed E-state index contributed by atoms with van der Waals surface area (Å²) in [4.78, 5) is 0. The molecule has 2 rings (SSSR count). The highest BCUT2D eigenvalue weighted by Crippen LogP contribution is 2.32. The second kappa shape index (κ2) is 7.13. The van der Waals surface area contributed by atoms with E-state index < -0.39 is 0 Å². The molecule has 1 heterocycles. The Hall–Kier alpha value is -2.01. The molecule has 0 fully saturated rings. The van der Waals surface area contributed by atoms with Gasteiger partial charge in [-0.1, -0.05) is 6.92 Å². The topological polar surface area (TPSA) is 48.3 Å². The summed E-state index contributed by atoms with van der Waals surface area (Å²) in [6.45, 7) is 3.05. The number of hydrogen-bond acceptors (Lipinski definition) is 4. The van der Waals surface area contributed by atoms with Crippen LogP contribution in [0.4, 0.5) is 0 Å².